The number of rotatable bonds is 7. The summed E-state index contributed by atoms with van der Waals surface area (Å²) < 4.78 is 7.29. The number of imidazole rings is 1. The molecule has 2 amide bonds. The van der Waals surface area contributed by atoms with Crippen LogP contribution in [0.5, 0.6) is 5.75 Å². The van der Waals surface area contributed by atoms with Crippen LogP contribution in [0, 0.1) is 5.92 Å². The van der Waals surface area contributed by atoms with Crippen LogP contribution in [-0.4, -0.2) is 28.5 Å². The number of ether oxygens (including phenoxy) is 1. The first-order chi connectivity index (χ1) is 15.5. The van der Waals surface area contributed by atoms with Crippen molar-refractivity contribution in [2.75, 3.05) is 12.0 Å². The Bertz CT molecular complexity index is 1110. The number of hydrogen-bond acceptors (Lipinski definition) is 4. The molecule has 7 nitrogen and oxygen atoms in total. The van der Waals surface area contributed by atoms with Gasteiger partial charge in [0.05, 0.1) is 25.7 Å². The van der Waals surface area contributed by atoms with E-state index < -0.39 is 5.92 Å². The minimum absolute atomic E-state index is 0.179. The van der Waals surface area contributed by atoms with E-state index in [-0.39, 0.29) is 17.9 Å². The van der Waals surface area contributed by atoms with Crippen molar-refractivity contribution in [1.29, 1.82) is 0 Å². The zero-order chi connectivity index (χ0) is 22.7. The summed E-state index contributed by atoms with van der Waals surface area (Å²) in [5.74, 6) is 0.0666. The molecule has 0 saturated heterocycles. The fourth-order valence-electron chi connectivity index (χ4n) is 4.04. The number of fused-ring (bicyclic) bond motifs is 1. The molecule has 166 valence electrons. The molecule has 7 heteroatoms. The lowest BCUT2D eigenvalue weighted by molar-refractivity contribution is -0.134. The molecule has 1 aromatic heterocycles. The maximum Gasteiger partial charge on any atom is 0.241 e. The predicted octanol–water partition coefficient (Wildman–Crippen LogP) is 3.49. The third-order valence-corrected chi connectivity index (χ3v) is 5.75. The third kappa shape index (κ3) is 4.37. The van der Waals surface area contributed by atoms with Gasteiger partial charge in [0.2, 0.25) is 11.8 Å². The fourth-order valence-corrected chi connectivity index (χ4v) is 4.04. The standard InChI is InChI=1S/C25H28N4O3/c1-17(2)29-16-27-23-22(29)13-21(25(31)28(23)15-18-8-5-4-6-9-18)24(30)26-14-19-10-7-11-20(12-19)32-3/h4-12,16-17,21H,13-15H2,1-3H3,(H,26,30). The molecule has 0 saturated carbocycles. The Hall–Kier alpha value is -3.61. The summed E-state index contributed by atoms with van der Waals surface area (Å²) in [6.45, 7) is 4.84. The van der Waals surface area contributed by atoms with E-state index in [0.29, 0.717) is 25.3 Å². The monoisotopic (exact) mass is 432 g/mol. The molecule has 0 radical (unpaired) electrons. The lowest BCUT2D eigenvalue weighted by atomic mass is 9.95. The van der Waals surface area contributed by atoms with Gasteiger partial charge in [-0.3, -0.25) is 14.5 Å². The number of methoxy groups -OCH3 is 1. The number of nitrogens with one attached hydrogen (secondary N) is 1. The Morgan fingerprint density at radius 3 is 2.62 bits per heavy atom. The van der Waals surface area contributed by atoms with Gasteiger partial charge in [-0.25, -0.2) is 4.98 Å². The largest absolute Gasteiger partial charge is 0.497 e. The lowest BCUT2D eigenvalue weighted by Gasteiger charge is -2.32. The van der Waals surface area contributed by atoms with Crippen LogP contribution in [0.1, 0.15) is 36.7 Å². The Morgan fingerprint density at radius 1 is 1.16 bits per heavy atom. The van der Waals surface area contributed by atoms with Crippen LogP contribution >= 0.6 is 0 Å². The van der Waals surface area contributed by atoms with E-state index in [4.69, 9.17) is 4.74 Å². The molecular weight excluding hydrogens is 404 g/mol. The molecule has 2 aromatic carbocycles. The Kier molecular flexibility index (Phi) is 6.25. The van der Waals surface area contributed by atoms with E-state index in [1.54, 1.807) is 18.3 Å². The molecule has 2 heterocycles. The molecule has 1 atom stereocenters. The average Bonchev–Trinajstić information content (AvgIpc) is 3.24. The summed E-state index contributed by atoms with van der Waals surface area (Å²) >= 11 is 0. The van der Waals surface area contributed by atoms with E-state index in [2.05, 4.69) is 24.1 Å². The van der Waals surface area contributed by atoms with Gasteiger partial charge < -0.3 is 14.6 Å². The second kappa shape index (κ2) is 9.26. The first kappa shape index (κ1) is 21.6. The number of hydrogen-bond donors (Lipinski definition) is 1. The van der Waals surface area contributed by atoms with Crippen LogP contribution in [0.2, 0.25) is 0 Å². The number of aromatic nitrogens is 2. The highest BCUT2D eigenvalue weighted by molar-refractivity contribution is 6.09. The zero-order valence-corrected chi connectivity index (χ0v) is 18.6. The number of benzene rings is 2. The third-order valence-electron chi connectivity index (χ3n) is 5.75. The van der Waals surface area contributed by atoms with Crippen molar-refractivity contribution < 1.29 is 14.3 Å². The van der Waals surface area contributed by atoms with E-state index in [0.717, 1.165) is 22.6 Å². The zero-order valence-electron chi connectivity index (χ0n) is 18.6. The van der Waals surface area contributed by atoms with Crippen LogP contribution in [0.3, 0.4) is 0 Å². The highest BCUT2D eigenvalue weighted by atomic mass is 16.5. The number of nitrogens with zero attached hydrogens (tertiary/aromatic N) is 3. The minimum atomic E-state index is -0.800. The van der Waals surface area contributed by atoms with Crippen molar-refractivity contribution in [2.24, 2.45) is 5.92 Å². The van der Waals surface area contributed by atoms with Crippen molar-refractivity contribution in [1.82, 2.24) is 14.9 Å². The van der Waals surface area contributed by atoms with E-state index in [9.17, 15) is 9.59 Å². The predicted molar refractivity (Wildman–Crippen MR) is 122 cm³/mol. The molecule has 1 unspecified atom stereocenters. The smallest absolute Gasteiger partial charge is 0.241 e. The molecule has 0 spiro atoms. The SMILES string of the molecule is COc1cccc(CNC(=O)C2Cc3c(ncn3C(C)C)N(Cc3ccccc3)C2=O)c1. The van der Waals surface area contributed by atoms with Crippen molar-refractivity contribution in [3.63, 3.8) is 0 Å². The molecular formula is C25H28N4O3. The van der Waals surface area contributed by atoms with Crippen molar-refractivity contribution in [3.05, 3.63) is 77.7 Å². The molecule has 4 rings (SSSR count). The highest BCUT2D eigenvalue weighted by Crippen LogP contribution is 2.32. The molecule has 1 N–H and O–H groups in total. The van der Waals surface area contributed by atoms with Crippen molar-refractivity contribution in [2.45, 2.75) is 39.4 Å². The summed E-state index contributed by atoms with van der Waals surface area (Å²) in [5, 5.41) is 2.93. The molecule has 1 aliphatic heterocycles. The maximum absolute atomic E-state index is 13.4. The minimum Gasteiger partial charge on any atom is -0.497 e. The number of carbonyl (C=O) groups excluding carboxylic acids is 2. The summed E-state index contributed by atoms with van der Waals surface area (Å²) in [7, 11) is 1.61. The van der Waals surface area contributed by atoms with Gasteiger partial charge in [-0.05, 0) is 37.1 Å². The van der Waals surface area contributed by atoms with Gasteiger partial charge in [-0.2, -0.15) is 0 Å². The van der Waals surface area contributed by atoms with Crippen LogP contribution < -0.4 is 15.0 Å². The van der Waals surface area contributed by atoms with Gasteiger partial charge in [-0.15, -0.1) is 0 Å². The van der Waals surface area contributed by atoms with Gasteiger partial charge in [0.25, 0.3) is 0 Å². The van der Waals surface area contributed by atoms with E-state index in [1.165, 1.54) is 0 Å². The molecule has 0 aliphatic carbocycles. The quantitative estimate of drug-likeness (QED) is 0.580. The van der Waals surface area contributed by atoms with Crippen LogP contribution in [0.15, 0.2) is 60.9 Å². The molecule has 1 aliphatic rings. The second-order valence-corrected chi connectivity index (χ2v) is 8.25. The highest BCUT2D eigenvalue weighted by Gasteiger charge is 2.40. The van der Waals surface area contributed by atoms with Crippen molar-refractivity contribution >= 4 is 17.6 Å². The molecule has 3 aromatic rings. The summed E-state index contributed by atoms with van der Waals surface area (Å²) in [4.78, 5) is 32.7. The summed E-state index contributed by atoms with van der Waals surface area (Å²) in [6, 6.07) is 17.5. The average molecular weight is 433 g/mol. The van der Waals surface area contributed by atoms with Crippen LogP contribution in [0.4, 0.5) is 5.82 Å². The van der Waals surface area contributed by atoms with E-state index >= 15 is 0 Å². The topological polar surface area (TPSA) is 76.5 Å². The second-order valence-electron chi connectivity index (χ2n) is 8.25. The van der Waals surface area contributed by atoms with Crippen molar-refractivity contribution in [3.8, 4) is 5.75 Å². The molecule has 32 heavy (non-hydrogen) atoms. The Morgan fingerprint density at radius 2 is 1.91 bits per heavy atom. The first-order valence-corrected chi connectivity index (χ1v) is 10.8. The lowest BCUT2D eigenvalue weighted by Crippen LogP contribution is -2.48. The van der Waals surface area contributed by atoms with Gasteiger partial charge in [0.1, 0.15) is 11.7 Å². The van der Waals surface area contributed by atoms with Gasteiger partial charge >= 0.3 is 0 Å². The van der Waals surface area contributed by atoms with E-state index in [1.807, 2.05) is 59.2 Å². The van der Waals surface area contributed by atoms with Gasteiger partial charge in [-0.1, -0.05) is 42.5 Å². The van der Waals surface area contributed by atoms with Gasteiger partial charge in [0, 0.05) is 19.0 Å². The van der Waals surface area contributed by atoms with Gasteiger partial charge in [0.15, 0.2) is 5.82 Å². The summed E-state index contributed by atoms with van der Waals surface area (Å²) in [6.07, 6.45) is 2.10. The number of amides is 2. The number of carbonyl (C=O) groups is 2. The Balaban J connectivity index is 1.58. The normalized spacial score (nSPS) is 15.6. The fraction of sp³-hybridized carbons (Fsp3) is 0.320. The van der Waals surface area contributed by atoms with Crippen LogP contribution in [-0.2, 0) is 29.1 Å². The maximum atomic E-state index is 13.4. The Labute approximate surface area is 188 Å². The summed E-state index contributed by atoms with van der Waals surface area (Å²) in [5.41, 5.74) is 2.82. The molecule has 0 fully saturated rings. The molecule has 0 bridgehead atoms. The number of anilines is 1. The first-order valence-electron chi connectivity index (χ1n) is 10.8. The van der Waals surface area contributed by atoms with Crippen LogP contribution in [0.25, 0.3) is 0 Å².